The zero-order valence-electron chi connectivity index (χ0n) is 11.1. The van der Waals surface area contributed by atoms with Crippen molar-refractivity contribution in [2.24, 2.45) is 5.11 Å². The highest BCUT2D eigenvalue weighted by molar-refractivity contribution is 6.28. The quantitative estimate of drug-likeness (QED) is 0.375. The largest absolute Gasteiger partial charge is 0.378 e. The van der Waals surface area contributed by atoms with Gasteiger partial charge in [-0.05, 0) is 29.3 Å². The first-order valence-electron chi connectivity index (χ1n) is 6.44. The third-order valence-electron chi connectivity index (χ3n) is 3.16. The second kappa shape index (κ2) is 6.09. The van der Waals surface area contributed by atoms with E-state index in [4.69, 9.17) is 21.9 Å². The first kappa shape index (κ1) is 13.8. The molecule has 108 valence electrons. The van der Waals surface area contributed by atoms with E-state index in [-0.39, 0.29) is 11.8 Å². The van der Waals surface area contributed by atoms with E-state index in [1.165, 1.54) is 0 Å². The number of aromatic nitrogens is 3. The van der Waals surface area contributed by atoms with Crippen molar-refractivity contribution in [1.29, 1.82) is 0 Å². The van der Waals surface area contributed by atoms with Gasteiger partial charge in [0.1, 0.15) is 5.52 Å². The fraction of sp³-hybridized carbons (Fsp3) is 0.417. The second-order valence-corrected chi connectivity index (χ2v) is 4.81. The van der Waals surface area contributed by atoms with Gasteiger partial charge in [-0.1, -0.05) is 5.11 Å². The normalized spacial score (nSPS) is 15.0. The number of pyridine rings is 1. The lowest BCUT2D eigenvalue weighted by Gasteiger charge is -2.28. The molecule has 2 aromatic heterocycles. The van der Waals surface area contributed by atoms with Gasteiger partial charge < -0.3 is 9.64 Å². The van der Waals surface area contributed by atoms with Gasteiger partial charge in [0, 0.05) is 23.7 Å². The molecule has 1 aliphatic heterocycles. The van der Waals surface area contributed by atoms with Crippen LogP contribution in [0.15, 0.2) is 17.2 Å². The smallest absolute Gasteiger partial charge is 0.225 e. The summed E-state index contributed by atoms with van der Waals surface area (Å²) in [6.45, 7) is 2.93. The summed E-state index contributed by atoms with van der Waals surface area (Å²) in [5.74, 6) is 0.691. The first-order chi connectivity index (χ1) is 10.3. The number of azide groups is 1. The van der Waals surface area contributed by atoms with Crippen LogP contribution in [-0.4, -0.2) is 41.3 Å². The summed E-state index contributed by atoms with van der Waals surface area (Å²) in [6, 6.07) is 3.57. The summed E-state index contributed by atoms with van der Waals surface area (Å²) < 4.78 is 5.35. The molecule has 3 rings (SSSR count). The van der Waals surface area contributed by atoms with Gasteiger partial charge in [-0.25, -0.2) is 9.97 Å². The van der Waals surface area contributed by atoms with Crippen molar-refractivity contribution < 1.29 is 4.74 Å². The minimum Gasteiger partial charge on any atom is -0.378 e. The number of fused-ring (bicyclic) bond motifs is 1. The molecule has 0 aliphatic carbocycles. The molecule has 0 bridgehead atoms. The average Bonchev–Trinajstić information content (AvgIpc) is 2.53. The van der Waals surface area contributed by atoms with Crippen molar-refractivity contribution in [2.45, 2.75) is 6.54 Å². The highest BCUT2D eigenvalue weighted by Crippen LogP contribution is 2.25. The molecule has 3 heterocycles. The van der Waals surface area contributed by atoms with Crippen LogP contribution in [0.5, 0.6) is 0 Å². The molecule has 0 saturated carbocycles. The molecule has 2 aromatic rings. The third kappa shape index (κ3) is 2.97. The minimum atomic E-state index is 0.189. The fourth-order valence-electron chi connectivity index (χ4n) is 2.20. The molecule has 0 radical (unpaired) electrons. The summed E-state index contributed by atoms with van der Waals surface area (Å²) in [4.78, 5) is 17.8. The maximum atomic E-state index is 8.40. The summed E-state index contributed by atoms with van der Waals surface area (Å²) in [7, 11) is 0. The van der Waals surface area contributed by atoms with E-state index in [1.807, 2.05) is 6.07 Å². The molecule has 1 fully saturated rings. The van der Waals surface area contributed by atoms with Gasteiger partial charge in [0.25, 0.3) is 0 Å². The number of hydrogen-bond donors (Lipinski definition) is 0. The molecule has 0 unspecified atom stereocenters. The van der Waals surface area contributed by atoms with Crippen LogP contribution in [0.4, 0.5) is 5.82 Å². The number of halogens is 1. The molecule has 1 aliphatic rings. The Morgan fingerprint density at radius 2 is 2.10 bits per heavy atom. The van der Waals surface area contributed by atoms with Crippen LogP contribution in [-0.2, 0) is 11.3 Å². The standard InChI is InChI=1S/C12H12ClN7O/c13-12-17-9-2-1-8(7-15-19-14)16-10(9)11(18-12)20-3-5-21-6-4-20/h1-2H,3-7H2. The molecule has 21 heavy (non-hydrogen) atoms. The monoisotopic (exact) mass is 305 g/mol. The lowest BCUT2D eigenvalue weighted by molar-refractivity contribution is 0.122. The Morgan fingerprint density at radius 3 is 2.86 bits per heavy atom. The van der Waals surface area contributed by atoms with Crippen LogP contribution in [0.2, 0.25) is 5.28 Å². The van der Waals surface area contributed by atoms with Crippen molar-refractivity contribution >= 4 is 28.5 Å². The molecular weight excluding hydrogens is 294 g/mol. The Hall–Kier alpha value is -2.15. The van der Waals surface area contributed by atoms with Gasteiger partial charge in [-0.15, -0.1) is 0 Å². The molecule has 1 saturated heterocycles. The van der Waals surface area contributed by atoms with Crippen LogP contribution in [0.1, 0.15) is 5.69 Å². The van der Waals surface area contributed by atoms with Crippen LogP contribution in [0.25, 0.3) is 21.5 Å². The van der Waals surface area contributed by atoms with Crippen molar-refractivity contribution in [3.05, 3.63) is 33.6 Å². The van der Waals surface area contributed by atoms with E-state index >= 15 is 0 Å². The summed E-state index contributed by atoms with van der Waals surface area (Å²) in [6.07, 6.45) is 0. The zero-order valence-corrected chi connectivity index (χ0v) is 11.9. The van der Waals surface area contributed by atoms with Crippen LogP contribution in [0, 0.1) is 0 Å². The third-order valence-corrected chi connectivity index (χ3v) is 3.33. The maximum absolute atomic E-state index is 8.40. The van der Waals surface area contributed by atoms with Gasteiger partial charge in [-0.2, -0.15) is 4.98 Å². The Labute approximate surface area is 125 Å². The number of hydrogen-bond acceptors (Lipinski definition) is 6. The van der Waals surface area contributed by atoms with Crippen LogP contribution < -0.4 is 4.90 Å². The predicted molar refractivity (Wildman–Crippen MR) is 78.2 cm³/mol. The van der Waals surface area contributed by atoms with Crippen LogP contribution >= 0.6 is 11.6 Å². The van der Waals surface area contributed by atoms with E-state index in [9.17, 15) is 0 Å². The van der Waals surface area contributed by atoms with Crippen molar-refractivity contribution in [1.82, 2.24) is 15.0 Å². The minimum absolute atomic E-state index is 0.189. The first-order valence-corrected chi connectivity index (χ1v) is 6.82. The van der Waals surface area contributed by atoms with E-state index in [0.717, 1.165) is 13.1 Å². The summed E-state index contributed by atoms with van der Waals surface area (Å²) >= 11 is 5.99. The Morgan fingerprint density at radius 1 is 1.29 bits per heavy atom. The lowest BCUT2D eigenvalue weighted by Crippen LogP contribution is -2.37. The SMILES string of the molecule is [N-]=[N+]=NCc1ccc2nc(Cl)nc(N3CCOCC3)c2n1. The highest BCUT2D eigenvalue weighted by atomic mass is 35.5. The zero-order chi connectivity index (χ0) is 14.7. The molecule has 0 N–H and O–H groups in total. The van der Waals surface area contributed by atoms with Crippen molar-refractivity contribution in [3.8, 4) is 0 Å². The fourth-order valence-corrected chi connectivity index (χ4v) is 2.37. The second-order valence-electron chi connectivity index (χ2n) is 4.47. The Balaban J connectivity index is 2.08. The number of rotatable bonds is 3. The number of ether oxygens (including phenoxy) is 1. The molecule has 0 atom stereocenters. The summed E-state index contributed by atoms with van der Waals surface area (Å²) in [5.41, 5.74) is 10.4. The average molecular weight is 306 g/mol. The van der Waals surface area contributed by atoms with E-state index in [0.29, 0.717) is 35.8 Å². The molecular formula is C12H12ClN7O. The molecule has 8 nitrogen and oxygen atoms in total. The van der Waals surface area contributed by atoms with Crippen LogP contribution in [0.3, 0.4) is 0 Å². The van der Waals surface area contributed by atoms with Gasteiger partial charge in [-0.3, -0.25) is 0 Å². The topological polar surface area (TPSA) is 99.9 Å². The van der Waals surface area contributed by atoms with Gasteiger partial charge in [0.15, 0.2) is 5.82 Å². The van der Waals surface area contributed by atoms with Crippen molar-refractivity contribution in [3.63, 3.8) is 0 Å². The Kier molecular flexibility index (Phi) is 4.01. The highest BCUT2D eigenvalue weighted by Gasteiger charge is 2.18. The number of morpholine rings is 1. The molecule has 0 amide bonds. The molecule has 9 heteroatoms. The number of anilines is 1. The lowest BCUT2D eigenvalue weighted by atomic mass is 10.2. The van der Waals surface area contributed by atoms with Gasteiger partial charge in [0.05, 0.1) is 25.3 Å². The maximum Gasteiger partial charge on any atom is 0.225 e. The van der Waals surface area contributed by atoms with Crippen molar-refractivity contribution in [2.75, 3.05) is 31.2 Å². The van der Waals surface area contributed by atoms with Gasteiger partial charge >= 0.3 is 0 Å². The summed E-state index contributed by atoms with van der Waals surface area (Å²) in [5, 5.41) is 3.71. The Bertz CT molecular complexity index is 710. The number of nitrogens with zero attached hydrogens (tertiary/aromatic N) is 7. The predicted octanol–water partition coefficient (Wildman–Crippen LogP) is 2.33. The molecule has 0 aromatic carbocycles. The van der Waals surface area contributed by atoms with E-state index in [2.05, 4.69) is 29.9 Å². The van der Waals surface area contributed by atoms with Gasteiger partial charge in [0.2, 0.25) is 5.28 Å². The molecule has 0 spiro atoms. The van der Waals surface area contributed by atoms with E-state index in [1.54, 1.807) is 6.07 Å². The van der Waals surface area contributed by atoms with E-state index < -0.39 is 0 Å².